The van der Waals surface area contributed by atoms with Gasteiger partial charge in [-0.2, -0.15) is 0 Å². The number of aliphatic hydroxyl groups is 1. The first-order chi connectivity index (χ1) is 10.0. The van der Waals surface area contributed by atoms with Crippen LogP contribution in [0.3, 0.4) is 0 Å². The van der Waals surface area contributed by atoms with Crippen LogP contribution in [-0.2, 0) is 4.79 Å². The van der Waals surface area contributed by atoms with Gasteiger partial charge in [-0.05, 0) is 50.0 Å². The molecule has 0 aliphatic carbocycles. The van der Waals surface area contributed by atoms with Gasteiger partial charge in [-0.15, -0.1) is 0 Å². The van der Waals surface area contributed by atoms with Gasteiger partial charge < -0.3 is 21.5 Å². The van der Waals surface area contributed by atoms with Gasteiger partial charge in [0, 0.05) is 11.6 Å². The zero-order valence-electron chi connectivity index (χ0n) is 11.9. The molecule has 0 saturated carbocycles. The molecule has 1 atom stereocenters. The highest BCUT2D eigenvalue weighted by molar-refractivity contribution is 6.30. The Bertz CT molecular complexity index is 472. The Kier molecular flexibility index (Phi) is 5.58. The molecule has 0 aromatic heterocycles. The predicted molar refractivity (Wildman–Crippen MR) is 83.1 cm³/mol. The molecule has 2 rings (SSSR count). The van der Waals surface area contributed by atoms with Crippen molar-refractivity contribution in [2.45, 2.75) is 30.8 Å². The van der Waals surface area contributed by atoms with Gasteiger partial charge in [-0.1, -0.05) is 23.7 Å². The Morgan fingerprint density at radius 2 is 2.00 bits per heavy atom. The third kappa shape index (κ3) is 4.17. The standard InChI is InChI=1S/C15H22ClN3O2/c16-12-3-1-11(2-4-12)13(5-10-20)19-14(21)15(17)6-8-18-9-7-15/h1-4,13,18,20H,5-10,17H2,(H,19,21)/t13-/m0/s1. The monoisotopic (exact) mass is 311 g/mol. The van der Waals surface area contributed by atoms with E-state index in [0.29, 0.717) is 24.3 Å². The van der Waals surface area contributed by atoms with Crippen LogP contribution in [0.2, 0.25) is 5.02 Å². The predicted octanol–water partition coefficient (Wildman–Crippen LogP) is 0.961. The Morgan fingerprint density at radius 3 is 2.57 bits per heavy atom. The van der Waals surface area contributed by atoms with E-state index in [1.807, 2.05) is 12.1 Å². The van der Waals surface area contributed by atoms with Gasteiger partial charge in [0.05, 0.1) is 11.6 Å². The van der Waals surface area contributed by atoms with Crippen LogP contribution in [0.1, 0.15) is 30.9 Å². The molecule has 1 aromatic rings. The van der Waals surface area contributed by atoms with Crippen molar-refractivity contribution in [2.75, 3.05) is 19.7 Å². The molecule has 1 aliphatic rings. The number of nitrogens with two attached hydrogens (primary N) is 1. The number of aliphatic hydroxyl groups excluding tert-OH is 1. The van der Waals surface area contributed by atoms with E-state index in [9.17, 15) is 9.90 Å². The molecule has 0 unspecified atom stereocenters. The van der Waals surface area contributed by atoms with E-state index >= 15 is 0 Å². The summed E-state index contributed by atoms with van der Waals surface area (Å²) in [5.74, 6) is -0.155. The Morgan fingerprint density at radius 1 is 1.38 bits per heavy atom. The van der Waals surface area contributed by atoms with Crippen LogP contribution in [0.25, 0.3) is 0 Å². The van der Waals surface area contributed by atoms with Crippen LogP contribution in [0.4, 0.5) is 0 Å². The topological polar surface area (TPSA) is 87.4 Å². The molecule has 1 amide bonds. The van der Waals surface area contributed by atoms with Crippen molar-refractivity contribution >= 4 is 17.5 Å². The van der Waals surface area contributed by atoms with E-state index in [4.69, 9.17) is 17.3 Å². The van der Waals surface area contributed by atoms with Crippen molar-refractivity contribution in [3.8, 4) is 0 Å². The highest BCUT2D eigenvalue weighted by Crippen LogP contribution is 2.22. The summed E-state index contributed by atoms with van der Waals surface area (Å²) < 4.78 is 0. The summed E-state index contributed by atoms with van der Waals surface area (Å²) in [5.41, 5.74) is 6.30. The van der Waals surface area contributed by atoms with Crippen LogP contribution in [0, 0.1) is 0 Å². The summed E-state index contributed by atoms with van der Waals surface area (Å²) >= 11 is 5.88. The number of carbonyl (C=O) groups is 1. The van der Waals surface area contributed by atoms with Crippen molar-refractivity contribution in [3.63, 3.8) is 0 Å². The molecule has 1 heterocycles. The SMILES string of the molecule is NC1(C(=O)N[C@@H](CCO)c2ccc(Cl)cc2)CCNCC1. The first kappa shape index (κ1) is 16.2. The van der Waals surface area contributed by atoms with E-state index in [0.717, 1.165) is 18.7 Å². The van der Waals surface area contributed by atoms with E-state index in [1.165, 1.54) is 0 Å². The third-order valence-electron chi connectivity index (χ3n) is 3.94. The molecule has 1 fully saturated rings. The number of benzene rings is 1. The van der Waals surface area contributed by atoms with E-state index < -0.39 is 5.54 Å². The molecule has 6 heteroatoms. The van der Waals surface area contributed by atoms with Gasteiger partial charge in [0.1, 0.15) is 0 Å². The maximum absolute atomic E-state index is 12.5. The average Bonchev–Trinajstić information content (AvgIpc) is 2.48. The molecule has 0 spiro atoms. The molecule has 116 valence electrons. The largest absolute Gasteiger partial charge is 0.396 e. The van der Waals surface area contributed by atoms with Gasteiger partial charge >= 0.3 is 0 Å². The highest BCUT2D eigenvalue weighted by atomic mass is 35.5. The van der Waals surface area contributed by atoms with E-state index in [1.54, 1.807) is 12.1 Å². The molecule has 0 radical (unpaired) electrons. The molecule has 21 heavy (non-hydrogen) atoms. The lowest BCUT2D eigenvalue weighted by atomic mass is 9.88. The summed E-state index contributed by atoms with van der Waals surface area (Å²) in [6.45, 7) is 1.48. The van der Waals surface area contributed by atoms with Crippen molar-refractivity contribution < 1.29 is 9.90 Å². The van der Waals surface area contributed by atoms with Crippen molar-refractivity contribution in [2.24, 2.45) is 5.73 Å². The molecule has 1 saturated heterocycles. The van der Waals surface area contributed by atoms with Crippen molar-refractivity contribution in [3.05, 3.63) is 34.9 Å². The highest BCUT2D eigenvalue weighted by Gasteiger charge is 2.36. The van der Waals surface area contributed by atoms with E-state index in [2.05, 4.69) is 10.6 Å². The summed E-state index contributed by atoms with van der Waals surface area (Å²) in [6.07, 6.45) is 1.68. The zero-order chi connectivity index (χ0) is 15.3. The zero-order valence-corrected chi connectivity index (χ0v) is 12.7. The van der Waals surface area contributed by atoms with Gasteiger partial charge in [0.15, 0.2) is 0 Å². The van der Waals surface area contributed by atoms with Crippen molar-refractivity contribution in [1.29, 1.82) is 0 Å². The van der Waals surface area contributed by atoms with Crippen LogP contribution >= 0.6 is 11.6 Å². The number of hydrogen-bond donors (Lipinski definition) is 4. The maximum atomic E-state index is 12.5. The van der Waals surface area contributed by atoms with Gasteiger partial charge in [-0.3, -0.25) is 4.79 Å². The summed E-state index contributed by atoms with van der Waals surface area (Å²) in [5, 5.41) is 16.0. The summed E-state index contributed by atoms with van der Waals surface area (Å²) in [6, 6.07) is 7.00. The molecule has 0 bridgehead atoms. The number of hydrogen-bond acceptors (Lipinski definition) is 4. The Hall–Kier alpha value is -1.14. The summed E-state index contributed by atoms with van der Waals surface area (Å²) in [7, 11) is 0. The molecule has 5 N–H and O–H groups in total. The summed E-state index contributed by atoms with van der Waals surface area (Å²) in [4.78, 5) is 12.5. The molecular formula is C15H22ClN3O2. The number of rotatable bonds is 5. The van der Waals surface area contributed by atoms with Crippen LogP contribution in [0.5, 0.6) is 0 Å². The molecular weight excluding hydrogens is 290 g/mol. The third-order valence-corrected chi connectivity index (χ3v) is 4.20. The Labute approximate surface area is 129 Å². The van der Waals surface area contributed by atoms with E-state index in [-0.39, 0.29) is 18.6 Å². The minimum Gasteiger partial charge on any atom is -0.396 e. The minimum atomic E-state index is -0.828. The fourth-order valence-corrected chi connectivity index (χ4v) is 2.67. The minimum absolute atomic E-state index is 0.00724. The van der Waals surface area contributed by atoms with Crippen molar-refractivity contribution in [1.82, 2.24) is 10.6 Å². The second kappa shape index (κ2) is 7.22. The number of amides is 1. The second-order valence-electron chi connectivity index (χ2n) is 5.50. The van der Waals surface area contributed by atoms with Gasteiger partial charge in [-0.25, -0.2) is 0 Å². The number of piperidine rings is 1. The molecule has 1 aliphatic heterocycles. The lowest BCUT2D eigenvalue weighted by molar-refractivity contribution is -0.128. The molecule has 5 nitrogen and oxygen atoms in total. The first-order valence-corrected chi connectivity index (χ1v) is 7.60. The quantitative estimate of drug-likeness (QED) is 0.652. The Balaban J connectivity index is 2.08. The maximum Gasteiger partial charge on any atom is 0.240 e. The fraction of sp³-hybridized carbons (Fsp3) is 0.533. The fourth-order valence-electron chi connectivity index (χ4n) is 2.55. The number of nitrogens with one attached hydrogen (secondary N) is 2. The van der Waals surface area contributed by atoms with Gasteiger partial charge in [0.25, 0.3) is 0 Å². The second-order valence-corrected chi connectivity index (χ2v) is 5.93. The van der Waals surface area contributed by atoms with Crippen LogP contribution in [0.15, 0.2) is 24.3 Å². The van der Waals surface area contributed by atoms with Gasteiger partial charge in [0.2, 0.25) is 5.91 Å². The molecule has 1 aromatic carbocycles. The normalized spacial score (nSPS) is 19.0. The first-order valence-electron chi connectivity index (χ1n) is 7.22. The number of halogens is 1. The smallest absolute Gasteiger partial charge is 0.240 e. The number of carbonyl (C=O) groups excluding carboxylic acids is 1. The average molecular weight is 312 g/mol. The lowest BCUT2D eigenvalue weighted by Crippen LogP contribution is -2.59. The van der Waals surface area contributed by atoms with Crippen LogP contribution < -0.4 is 16.4 Å². The lowest BCUT2D eigenvalue weighted by Gasteiger charge is -2.34. The van der Waals surface area contributed by atoms with Crippen LogP contribution in [-0.4, -0.2) is 36.2 Å².